The number of nitrogens with zero attached hydrogens (tertiary/aromatic N) is 4. The van der Waals surface area contributed by atoms with E-state index in [-0.39, 0.29) is 17.0 Å². The summed E-state index contributed by atoms with van der Waals surface area (Å²) in [5.74, 6) is -2.97. The Kier molecular flexibility index (Phi) is 5.40. The van der Waals surface area contributed by atoms with Crippen molar-refractivity contribution in [3.8, 4) is 0 Å². The van der Waals surface area contributed by atoms with E-state index in [1.165, 1.54) is 10.9 Å². The van der Waals surface area contributed by atoms with Crippen molar-refractivity contribution >= 4 is 38.7 Å². The zero-order chi connectivity index (χ0) is 21.5. The highest BCUT2D eigenvalue weighted by molar-refractivity contribution is 7.90. The molecule has 15 heteroatoms. The van der Waals surface area contributed by atoms with Crippen LogP contribution in [-0.2, 0) is 24.2 Å². The second kappa shape index (κ2) is 7.51. The van der Waals surface area contributed by atoms with Gasteiger partial charge in [-0.2, -0.15) is 0 Å². The molecule has 1 saturated heterocycles. The van der Waals surface area contributed by atoms with Crippen molar-refractivity contribution in [3.05, 3.63) is 12.7 Å². The molecule has 158 valence electrons. The van der Waals surface area contributed by atoms with Crippen LogP contribution in [0.2, 0.25) is 0 Å². The Hall–Kier alpha value is -2.88. The van der Waals surface area contributed by atoms with Crippen LogP contribution in [0.3, 0.4) is 0 Å². The van der Waals surface area contributed by atoms with E-state index in [4.69, 9.17) is 16.2 Å². The number of nitrogens with two attached hydrogens (primary N) is 2. The number of rotatable bonds is 6. The smallest absolute Gasteiger partial charge is 0.335 e. The number of amides is 1. The molecule has 0 radical (unpaired) electrons. The number of fused-ring (bicyclic) bond motifs is 1. The number of ether oxygens (including phenoxy) is 1. The zero-order valence-electron chi connectivity index (χ0n) is 15.0. The molecule has 5 atom stereocenters. The highest BCUT2D eigenvalue weighted by Gasteiger charge is 2.49. The molecule has 3 rings (SSSR count). The van der Waals surface area contributed by atoms with Crippen LogP contribution in [0.15, 0.2) is 12.7 Å². The molecule has 3 heterocycles. The third kappa shape index (κ3) is 4.12. The van der Waals surface area contributed by atoms with E-state index in [9.17, 15) is 28.2 Å². The van der Waals surface area contributed by atoms with E-state index < -0.39 is 58.0 Å². The van der Waals surface area contributed by atoms with E-state index in [1.807, 2.05) is 0 Å². The predicted molar refractivity (Wildman–Crippen MR) is 96.9 cm³/mol. The molecule has 0 spiro atoms. The number of aliphatic hydroxyl groups is 1. The Labute approximate surface area is 163 Å². The summed E-state index contributed by atoms with van der Waals surface area (Å²) in [5.41, 5.74) is 11.7. The lowest BCUT2D eigenvalue weighted by molar-refractivity contribution is -0.152. The van der Waals surface area contributed by atoms with Crippen molar-refractivity contribution in [2.45, 2.75) is 30.5 Å². The molecule has 7 N–H and O–H groups in total. The van der Waals surface area contributed by atoms with Gasteiger partial charge in [0, 0.05) is 6.26 Å². The molecule has 0 saturated carbocycles. The number of carboxylic acid groups (broad SMARTS) is 1. The van der Waals surface area contributed by atoms with Crippen LogP contribution in [0.25, 0.3) is 11.2 Å². The number of sulfone groups is 1. The molecule has 0 bridgehead atoms. The Balaban J connectivity index is 1.87. The van der Waals surface area contributed by atoms with Gasteiger partial charge in [-0.3, -0.25) is 9.36 Å². The fourth-order valence-electron chi connectivity index (χ4n) is 3.00. The lowest BCUT2D eigenvalue weighted by Crippen LogP contribution is -2.55. The van der Waals surface area contributed by atoms with Crippen LogP contribution in [-0.4, -0.2) is 86.3 Å². The molecule has 1 aliphatic heterocycles. The minimum absolute atomic E-state index is 0.0765. The minimum Gasteiger partial charge on any atom is -0.479 e. The van der Waals surface area contributed by atoms with Crippen LogP contribution < -0.4 is 16.8 Å². The van der Waals surface area contributed by atoms with Gasteiger partial charge in [-0.05, 0) is 0 Å². The van der Waals surface area contributed by atoms with Gasteiger partial charge in [-0.25, -0.2) is 28.2 Å². The van der Waals surface area contributed by atoms with E-state index in [2.05, 4.69) is 20.3 Å². The Morgan fingerprint density at radius 1 is 1.38 bits per heavy atom. The number of aromatic nitrogens is 4. The second-order valence-electron chi connectivity index (χ2n) is 6.59. The van der Waals surface area contributed by atoms with Crippen molar-refractivity contribution in [2.24, 2.45) is 5.73 Å². The number of carboxylic acids is 1. The average molecular weight is 429 g/mol. The number of nitrogens with one attached hydrogen (secondary N) is 1. The molecule has 0 aliphatic carbocycles. The molecule has 1 aliphatic rings. The van der Waals surface area contributed by atoms with Gasteiger partial charge in [0.15, 0.2) is 23.8 Å². The molecule has 1 amide bonds. The molecule has 14 nitrogen and oxygen atoms in total. The van der Waals surface area contributed by atoms with Gasteiger partial charge in [0.1, 0.15) is 27.8 Å². The maximum Gasteiger partial charge on any atom is 0.335 e. The van der Waals surface area contributed by atoms with Crippen LogP contribution >= 0.6 is 0 Å². The number of nitrogen functional groups attached to an aromatic ring is 1. The van der Waals surface area contributed by atoms with Crippen molar-refractivity contribution in [3.63, 3.8) is 0 Å². The van der Waals surface area contributed by atoms with Crippen molar-refractivity contribution in [2.75, 3.05) is 17.7 Å². The summed E-state index contributed by atoms with van der Waals surface area (Å²) < 4.78 is 29.3. The molecule has 29 heavy (non-hydrogen) atoms. The lowest BCUT2D eigenvalue weighted by atomic mass is 10.1. The number of aliphatic hydroxyl groups excluding tert-OH is 1. The van der Waals surface area contributed by atoms with Gasteiger partial charge >= 0.3 is 5.97 Å². The predicted octanol–water partition coefficient (Wildman–Crippen LogP) is -3.39. The van der Waals surface area contributed by atoms with Gasteiger partial charge in [0.25, 0.3) is 0 Å². The molecular formula is C14H19N7O7S. The zero-order valence-corrected chi connectivity index (χ0v) is 15.9. The van der Waals surface area contributed by atoms with E-state index >= 15 is 0 Å². The standard InChI is InChI=1S/C14H19N7O7S/c1-29(26,27)2-5(15)12(23)20-6-8(22)13(28-9(6)14(24)25)21-4-19-7-10(16)17-3-18-11(7)21/h3-6,8-9,13,22H,2,15H2,1H3,(H,20,23)(H,24,25)(H2,16,17,18). The Morgan fingerprint density at radius 3 is 2.69 bits per heavy atom. The SMILES string of the molecule is CS(=O)(=O)CC(N)C(=O)NC1C(C(=O)O)OC(n2cnc3c(N)ncnc32)C1O. The second-order valence-corrected chi connectivity index (χ2v) is 8.78. The summed E-state index contributed by atoms with van der Waals surface area (Å²) in [6.45, 7) is 0. The number of carbonyl (C=O) groups is 2. The van der Waals surface area contributed by atoms with Gasteiger partial charge in [-0.1, -0.05) is 0 Å². The first-order valence-corrected chi connectivity index (χ1v) is 10.3. The Bertz CT molecular complexity index is 1060. The summed E-state index contributed by atoms with van der Waals surface area (Å²) in [6, 6.07) is -2.86. The van der Waals surface area contributed by atoms with Crippen LogP contribution in [0.4, 0.5) is 5.82 Å². The molecule has 5 unspecified atom stereocenters. The summed E-state index contributed by atoms with van der Waals surface area (Å²) in [6.07, 6.45) is -1.15. The summed E-state index contributed by atoms with van der Waals surface area (Å²) in [7, 11) is -3.55. The largest absolute Gasteiger partial charge is 0.479 e. The highest BCUT2D eigenvalue weighted by Crippen LogP contribution is 2.32. The first kappa shape index (κ1) is 20.8. The molecular weight excluding hydrogens is 410 g/mol. The van der Waals surface area contributed by atoms with Crippen LogP contribution in [0, 0.1) is 0 Å². The quantitative estimate of drug-likeness (QED) is 0.303. The maximum absolute atomic E-state index is 12.2. The Morgan fingerprint density at radius 2 is 2.07 bits per heavy atom. The number of hydrogen-bond acceptors (Lipinski definition) is 11. The summed E-state index contributed by atoms with van der Waals surface area (Å²) in [4.78, 5) is 35.6. The maximum atomic E-state index is 12.2. The molecule has 2 aromatic rings. The first-order chi connectivity index (χ1) is 13.5. The van der Waals surface area contributed by atoms with Crippen LogP contribution in [0.1, 0.15) is 6.23 Å². The van der Waals surface area contributed by atoms with E-state index in [0.717, 1.165) is 12.6 Å². The topological polar surface area (TPSA) is 226 Å². The number of hydrogen-bond donors (Lipinski definition) is 5. The first-order valence-electron chi connectivity index (χ1n) is 8.22. The number of aliphatic carboxylic acids is 1. The van der Waals surface area contributed by atoms with Crippen molar-refractivity contribution < 1.29 is 33.0 Å². The fourth-order valence-corrected chi connectivity index (χ4v) is 3.81. The van der Waals surface area contributed by atoms with Gasteiger partial charge in [-0.15, -0.1) is 0 Å². The fraction of sp³-hybridized carbons (Fsp3) is 0.500. The minimum atomic E-state index is -3.55. The average Bonchev–Trinajstić information content (AvgIpc) is 3.16. The third-order valence-corrected chi connectivity index (χ3v) is 5.27. The summed E-state index contributed by atoms with van der Waals surface area (Å²) in [5, 5.41) is 22.3. The van der Waals surface area contributed by atoms with Crippen molar-refractivity contribution in [1.29, 1.82) is 0 Å². The van der Waals surface area contributed by atoms with Gasteiger partial charge in [0.05, 0.1) is 24.2 Å². The van der Waals surface area contributed by atoms with Crippen LogP contribution in [0.5, 0.6) is 0 Å². The summed E-state index contributed by atoms with van der Waals surface area (Å²) >= 11 is 0. The normalized spacial score (nSPS) is 25.8. The monoisotopic (exact) mass is 429 g/mol. The van der Waals surface area contributed by atoms with E-state index in [0.29, 0.717) is 0 Å². The number of anilines is 1. The van der Waals surface area contributed by atoms with Crippen molar-refractivity contribution in [1.82, 2.24) is 24.8 Å². The third-order valence-electron chi connectivity index (χ3n) is 4.30. The van der Waals surface area contributed by atoms with Gasteiger partial charge < -0.3 is 31.7 Å². The lowest BCUT2D eigenvalue weighted by Gasteiger charge is -2.21. The number of carbonyl (C=O) groups excluding carboxylic acids is 1. The van der Waals surface area contributed by atoms with E-state index in [1.54, 1.807) is 0 Å². The molecule has 0 aromatic carbocycles. The molecule has 2 aromatic heterocycles. The van der Waals surface area contributed by atoms with Gasteiger partial charge in [0.2, 0.25) is 5.91 Å². The highest BCUT2D eigenvalue weighted by atomic mass is 32.2. The number of imidazole rings is 1. The molecule has 1 fully saturated rings.